The van der Waals surface area contributed by atoms with Crippen LogP contribution in [0.3, 0.4) is 0 Å². The molecule has 1 heterocycles. The van der Waals surface area contributed by atoms with Crippen LogP contribution in [-0.4, -0.2) is 37.6 Å². The van der Waals surface area contributed by atoms with Crippen molar-refractivity contribution in [1.82, 2.24) is 4.31 Å². The predicted molar refractivity (Wildman–Crippen MR) is 61.9 cm³/mol. The summed E-state index contributed by atoms with van der Waals surface area (Å²) in [4.78, 5) is 0. The minimum Gasteiger partial charge on any atom is -0.329 e. The van der Waals surface area contributed by atoms with E-state index in [4.69, 9.17) is 5.73 Å². The van der Waals surface area contributed by atoms with Crippen molar-refractivity contribution in [3.63, 3.8) is 0 Å². The summed E-state index contributed by atoms with van der Waals surface area (Å²) in [6.45, 7) is 6.61. The van der Waals surface area contributed by atoms with Gasteiger partial charge in [0, 0.05) is 19.1 Å². The first-order valence-electron chi connectivity index (χ1n) is 5.31. The van der Waals surface area contributed by atoms with Crippen molar-refractivity contribution in [3.05, 3.63) is 12.7 Å². The van der Waals surface area contributed by atoms with Crippen molar-refractivity contribution >= 4 is 10.0 Å². The maximum atomic E-state index is 11.9. The second-order valence-corrected chi connectivity index (χ2v) is 6.16. The van der Waals surface area contributed by atoms with Crippen molar-refractivity contribution < 1.29 is 8.42 Å². The summed E-state index contributed by atoms with van der Waals surface area (Å²) >= 11 is 0. The van der Waals surface area contributed by atoms with Crippen LogP contribution < -0.4 is 5.73 Å². The van der Waals surface area contributed by atoms with Crippen molar-refractivity contribution in [2.24, 2.45) is 11.7 Å². The number of rotatable bonds is 4. The third-order valence-corrected chi connectivity index (χ3v) is 4.73. The van der Waals surface area contributed by atoms with Crippen LogP contribution in [0.2, 0.25) is 0 Å². The lowest BCUT2D eigenvalue weighted by atomic mass is 9.94. The molecular weight excluding hydrogens is 212 g/mol. The zero-order valence-electron chi connectivity index (χ0n) is 9.22. The van der Waals surface area contributed by atoms with Gasteiger partial charge >= 0.3 is 0 Å². The third-order valence-electron chi connectivity index (χ3n) is 2.88. The molecule has 0 amide bonds. The third kappa shape index (κ3) is 3.03. The summed E-state index contributed by atoms with van der Waals surface area (Å²) in [6, 6.07) is -0.0290. The number of hydrogen-bond acceptors (Lipinski definition) is 3. The fraction of sp³-hybridized carbons (Fsp3) is 0.800. The first-order valence-corrected chi connectivity index (χ1v) is 6.92. The Bertz CT molecular complexity index is 313. The molecule has 2 unspecified atom stereocenters. The zero-order valence-corrected chi connectivity index (χ0v) is 10.0. The van der Waals surface area contributed by atoms with E-state index in [1.165, 1.54) is 6.08 Å². The lowest BCUT2D eigenvalue weighted by molar-refractivity contribution is 0.211. The monoisotopic (exact) mass is 232 g/mol. The molecule has 5 heteroatoms. The number of hydrogen-bond donors (Lipinski definition) is 1. The van der Waals surface area contributed by atoms with E-state index in [0.717, 1.165) is 12.8 Å². The van der Waals surface area contributed by atoms with Gasteiger partial charge in [-0.15, -0.1) is 6.58 Å². The van der Waals surface area contributed by atoms with E-state index in [1.54, 1.807) is 4.31 Å². The minimum absolute atomic E-state index is 0.0118. The molecule has 15 heavy (non-hydrogen) atoms. The molecule has 2 N–H and O–H groups in total. The Kier molecular flexibility index (Phi) is 4.31. The summed E-state index contributed by atoms with van der Waals surface area (Å²) in [5.41, 5.74) is 5.62. The summed E-state index contributed by atoms with van der Waals surface area (Å²) in [6.07, 6.45) is 3.22. The van der Waals surface area contributed by atoms with Gasteiger partial charge in [-0.3, -0.25) is 0 Å². The van der Waals surface area contributed by atoms with Gasteiger partial charge < -0.3 is 5.73 Å². The lowest BCUT2D eigenvalue weighted by Gasteiger charge is -2.36. The van der Waals surface area contributed by atoms with E-state index in [2.05, 4.69) is 13.5 Å². The smallest absolute Gasteiger partial charge is 0.217 e. The van der Waals surface area contributed by atoms with Gasteiger partial charge in [0.05, 0.1) is 5.75 Å². The maximum Gasteiger partial charge on any atom is 0.217 e. The topological polar surface area (TPSA) is 63.4 Å². The molecule has 1 aliphatic rings. The Morgan fingerprint density at radius 1 is 1.60 bits per heavy atom. The molecule has 0 aliphatic carbocycles. The Morgan fingerprint density at radius 3 is 2.80 bits per heavy atom. The number of piperidine rings is 1. The second kappa shape index (κ2) is 5.09. The highest BCUT2D eigenvalue weighted by Gasteiger charge is 2.32. The average Bonchev–Trinajstić information content (AvgIpc) is 2.17. The fourth-order valence-electron chi connectivity index (χ4n) is 2.05. The van der Waals surface area contributed by atoms with Crippen LogP contribution in [0.25, 0.3) is 0 Å². The van der Waals surface area contributed by atoms with Crippen molar-refractivity contribution in [3.8, 4) is 0 Å². The van der Waals surface area contributed by atoms with Crippen LogP contribution in [-0.2, 0) is 10.0 Å². The standard InChI is InChI=1S/C10H20N2O2S/c1-3-6-15(13,14)12-5-4-9(2)7-10(12)8-11/h3,9-10H,1,4-8,11H2,2H3. The van der Waals surface area contributed by atoms with Crippen LogP contribution in [0.5, 0.6) is 0 Å². The van der Waals surface area contributed by atoms with E-state index in [9.17, 15) is 8.42 Å². The van der Waals surface area contributed by atoms with E-state index in [1.807, 2.05) is 0 Å². The molecule has 1 aliphatic heterocycles. The van der Waals surface area contributed by atoms with Crippen LogP contribution in [0, 0.1) is 5.92 Å². The van der Waals surface area contributed by atoms with Gasteiger partial charge in [-0.2, -0.15) is 4.31 Å². The normalized spacial score (nSPS) is 28.9. The van der Waals surface area contributed by atoms with Crippen LogP contribution in [0.4, 0.5) is 0 Å². The molecule has 1 rings (SSSR count). The lowest BCUT2D eigenvalue weighted by Crippen LogP contribution is -2.49. The van der Waals surface area contributed by atoms with Crippen molar-refractivity contribution in [2.45, 2.75) is 25.8 Å². The predicted octanol–water partition coefficient (Wildman–Crippen LogP) is 0.561. The van der Waals surface area contributed by atoms with Gasteiger partial charge in [-0.05, 0) is 18.8 Å². The molecule has 0 saturated carbocycles. The van der Waals surface area contributed by atoms with Gasteiger partial charge in [0.1, 0.15) is 0 Å². The Hall–Kier alpha value is -0.390. The van der Waals surface area contributed by atoms with Crippen molar-refractivity contribution in [2.75, 3.05) is 18.8 Å². The SMILES string of the molecule is C=CCS(=O)(=O)N1CCC(C)CC1CN. The van der Waals surface area contributed by atoms with Gasteiger partial charge in [-0.25, -0.2) is 8.42 Å². The average molecular weight is 232 g/mol. The Morgan fingerprint density at radius 2 is 2.27 bits per heavy atom. The van der Waals surface area contributed by atoms with Crippen LogP contribution in [0.1, 0.15) is 19.8 Å². The molecule has 0 spiro atoms. The number of sulfonamides is 1. The Balaban J connectivity index is 2.79. The maximum absolute atomic E-state index is 11.9. The van der Waals surface area contributed by atoms with Crippen LogP contribution in [0.15, 0.2) is 12.7 Å². The van der Waals surface area contributed by atoms with Gasteiger partial charge in [0.25, 0.3) is 0 Å². The van der Waals surface area contributed by atoms with E-state index < -0.39 is 10.0 Å². The van der Waals surface area contributed by atoms with E-state index >= 15 is 0 Å². The highest BCUT2D eigenvalue weighted by molar-refractivity contribution is 7.89. The molecule has 1 fully saturated rings. The highest BCUT2D eigenvalue weighted by Crippen LogP contribution is 2.24. The first kappa shape index (κ1) is 12.7. The first-order chi connectivity index (χ1) is 7.01. The molecule has 2 atom stereocenters. The molecule has 0 aromatic heterocycles. The molecule has 0 aromatic carbocycles. The Labute approximate surface area is 92.2 Å². The summed E-state index contributed by atoms with van der Waals surface area (Å²) in [7, 11) is -3.18. The van der Waals surface area contributed by atoms with Gasteiger partial charge in [0.2, 0.25) is 10.0 Å². The quantitative estimate of drug-likeness (QED) is 0.720. The number of nitrogens with zero attached hydrogens (tertiary/aromatic N) is 1. The summed E-state index contributed by atoms with van der Waals surface area (Å²) in [5.74, 6) is 0.575. The molecule has 0 radical (unpaired) electrons. The molecule has 4 nitrogen and oxygen atoms in total. The molecule has 0 aromatic rings. The van der Waals surface area contributed by atoms with Crippen molar-refractivity contribution in [1.29, 1.82) is 0 Å². The fourth-order valence-corrected chi connectivity index (χ4v) is 3.55. The minimum atomic E-state index is -3.18. The molecule has 1 saturated heterocycles. The van der Waals surface area contributed by atoms with E-state index in [0.29, 0.717) is 19.0 Å². The molecular formula is C10H20N2O2S. The van der Waals surface area contributed by atoms with Gasteiger partial charge in [0.15, 0.2) is 0 Å². The molecule has 0 bridgehead atoms. The van der Waals surface area contributed by atoms with E-state index in [-0.39, 0.29) is 11.8 Å². The zero-order chi connectivity index (χ0) is 11.5. The highest BCUT2D eigenvalue weighted by atomic mass is 32.2. The number of nitrogens with two attached hydrogens (primary N) is 1. The van der Waals surface area contributed by atoms with Gasteiger partial charge in [-0.1, -0.05) is 13.0 Å². The second-order valence-electron chi connectivity index (χ2n) is 4.20. The molecule has 88 valence electrons. The van der Waals surface area contributed by atoms with Crippen LogP contribution >= 0.6 is 0 Å². The largest absolute Gasteiger partial charge is 0.329 e. The summed E-state index contributed by atoms with van der Waals surface area (Å²) in [5, 5.41) is 0. The summed E-state index contributed by atoms with van der Waals surface area (Å²) < 4.78 is 25.3.